The first-order chi connectivity index (χ1) is 9.15. The molecule has 1 aromatic rings. The van der Waals surface area contributed by atoms with Crippen LogP contribution < -0.4 is 5.73 Å². The first-order valence-corrected chi connectivity index (χ1v) is 6.94. The zero-order valence-corrected chi connectivity index (χ0v) is 11.2. The largest absolute Gasteiger partial charge is 0.481 e. The molecule has 3 N–H and O–H groups in total. The number of rotatable bonds is 6. The fourth-order valence-corrected chi connectivity index (χ4v) is 2.53. The van der Waals surface area contributed by atoms with E-state index in [1.165, 1.54) is 31.5 Å². The molecule has 0 aromatic heterocycles. The molecule has 0 bridgehead atoms. The van der Waals surface area contributed by atoms with Gasteiger partial charge in [0.15, 0.2) is 0 Å². The minimum absolute atomic E-state index is 0.0207. The van der Waals surface area contributed by atoms with E-state index < -0.39 is 12.0 Å². The molecule has 2 rings (SSSR count). The highest BCUT2D eigenvalue weighted by molar-refractivity contribution is 5.67. The van der Waals surface area contributed by atoms with Crippen molar-refractivity contribution < 1.29 is 9.90 Å². The average molecular weight is 262 g/mol. The van der Waals surface area contributed by atoms with E-state index in [9.17, 15) is 4.79 Å². The average Bonchev–Trinajstić information content (AvgIpc) is 2.89. The molecular weight excluding hydrogens is 240 g/mol. The molecule has 0 saturated carbocycles. The van der Waals surface area contributed by atoms with Gasteiger partial charge in [0, 0.05) is 12.6 Å². The summed E-state index contributed by atoms with van der Waals surface area (Å²) in [5.74, 6) is -0.856. The lowest BCUT2D eigenvalue weighted by molar-refractivity contribution is -0.137. The highest BCUT2D eigenvalue weighted by Gasteiger charge is 2.12. The third kappa shape index (κ3) is 4.33. The molecule has 1 aliphatic rings. The van der Waals surface area contributed by atoms with E-state index in [0.29, 0.717) is 0 Å². The Labute approximate surface area is 114 Å². The summed E-state index contributed by atoms with van der Waals surface area (Å²) in [6, 6.07) is 7.62. The molecule has 0 aliphatic carbocycles. The standard InChI is InChI=1S/C15H22N2O2/c16-14(11-15(18)19)13-5-3-12(4-6-13)7-10-17-8-1-2-9-17/h3-6,14H,1-2,7-11,16H2,(H,18,19). The van der Waals surface area contributed by atoms with Crippen molar-refractivity contribution in [2.75, 3.05) is 19.6 Å². The maximum atomic E-state index is 10.6. The maximum Gasteiger partial charge on any atom is 0.305 e. The highest BCUT2D eigenvalue weighted by atomic mass is 16.4. The normalized spacial score (nSPS) is 17.5. The van der Waals surface area contributed by atoms with Crippen molar-refractivity contribution in [2.45, 2.75) is 31.7 Å². The predicted molar refractivity (Wildman–Crippen MR) is 75.0 cm³/mol. The topological polar surface area (TPSA) is 66.6 Å². The number of aliphatic carboxylic acids is 1. The van der Waals surface area contributed by atoms with Crippen LogP contribution in [0.5, 0.6) is 0 Å². The van der Waals surface area contributed by atoms with Crippen molar-refractivity contribution >= 4 is 5.97 Å². The number of carbonyl (C=O) groups is 1. The van der Waals surface area contributed by atoms with Gasteiger partial charge in [0.2, 0.25) is 0 Å². The molecule has 1 saturated heterocycles. The quantitative estimate of drug-likeness (QED) is 0.820. The van der Waals surface area contributed by atoms with E-state index in [0.717, 1.165) is 18.5 Å². The van der Waals surface area contributed by atoms with Crippen LogP contribution in [-0.2, 0) is 11.2 Å². The highest BCUT2D eigenvalue weighted by Crippen LogP contribution is 2.16. The van der Waals surface area contributed by atoms with Crippen molar-refractivity contribution in [3.8, 4) is 0 Å². The first-order valence-electron chi connectivity index (χ1n) is 6.94. The fraction of sp³-hybridized carbons (Fsp3) is 0.533. The first kappa shape index (κ1) is 14.0. The van der Waals surface area contributed by atoms with Gasteiger partial charge < -0.3 is 15.7 Å². The summed E-state index contributed by atoms with van der Waals surface area (Å²) in [6.07, 6.45) is 3.67. The maximum absolute atomic E-state index is 10.6. The molecule has 1 heterocycles. The second kappa shape index (κ2) is 6.68. The Hall–Kier alpha value is -1.39. The molecule has 0 radical (unpaired) electrons. The number of hydrogen-bond donors (Lipinski definition) is 2. The van der Waals surface area contributed by atoms with Crippen LogP contribution in [0.3, 0.4) is 0 Å². The summed E-state index contributed by atoms with van der Waals surface area (Å²) in [6.45, 7) is 3.56. The molecule has 1 fully saturated rings. The van der Waals surface area contributed by atoms with Crippen LogP contribution in [-0.4, -0.2) is 35.6 Å². The third-order valence-electron chi connectivity index (χ3n) is 3.72. The van der Waals surface area contributed by atoms with Gasteiger partial charge in [0.25, 0.3) is 0 Å². The Morgan fingerprint density at radius 3 is 2.47 bits per heavy atom. The van der Waals surface area contributed by atoms with Crippen molar-refractivity contribution in [1.29, 1.82) is 0 Å². The third-order valence-corrected chi connectivity index (χ3v) is 3.72. The van der Waals surface area contributed by atoms with E-state index in [-0.39, 0.29) is 6.42 Å². The van der Waals surface area contributed by atoms with Crippen molar-refractivity contribution in [1.82, 2.24) is 4.90 Å². The zero-order chi connectivity index (χ0) is 13.7. The van der Waals surface area contributed by atoms with Crippen LogP contribution in [0.2, 0.25) is 0 Å². The van der Waals surface area contributed by atoms with E-state index in [1.54, 1.807) is 0 Å². The van der Waals surface area contributed by atoms with Crippen molar-refractivity contribution in [3.05, 3.63) is 35.4 Å². The van der Waals surface area contributed by atoms with Gasteiger partial charge in [0.05, 0.1) is 6.42 Å². The van der Waals surface area contributed by atoms with Gasteiger partial charge in [-0.2, -0.15) is 0 Å². The summed E-state index contributed by atoms with van der Waals surface area (Å²) < 4.78 is 0. The van der Waals surface area contributed by atoms with Crippen molar-refractivity contribution in [2.24, 2.45) is 5.73 Å². The van der Waals surface area contributed by atoms with Crippen molar-refractivity contribution in [3.63, 3.8) is 0 Å². The number of benzene rings is 1. The Bertz CT molecular complexity index is 411. The molecule has 0 spiro atoms. The molecule has 1 atom stereocenters. The van der Waals surface area contributed by atoms with E-state index in [1.807, 2.05) is 12.1 Å². The lowest BCUT2D eigenvalue weighted by atomic mass is 10.0. The van der Waals surface area contributed by atoms with Gasteiger partial charge in [-0.3, -0.25) is 4.79 Å². The lowest BCUT2D eigenvalue weighted by Gasteiger charge is -2.15. The molecule has 1 aromatic carbocycles. The van der Waals surface area contributed by atoms with Crippen LogP contribution in [0, 0.1) is 0 Å². The minimum Gasteiger partial charge on any atom is -0.481 e. The van der Waals surface area contributed by atoms with Crippen LogP contribution >= 0.6 is 0 Å². The second-order valence-electron chi connectivity index (χ2n) is 5.24. The molecule has 0 amide bonds. The number of nitrogens with zero attached hydrogens (tertiary/aromatic N) is 1. The number of likely N-dealkylation sites (tertiary alicyclic amines) is 1. The molecule has 4 heteroatoms. The number of hydrogen-bond acceptors (Lipinski definition) is 3. The molecule has 1 aliphatic heterocycles. The smallest absolute Gasteiger partial charge is 0.305 e. The van der Waals surface area contributed by atoms with Crippen LogP contribution in [0.1, 0.15) is 36.4 Å². The Balaban J connectivity index is 1.85. The molecule has 104 valence electrons. The van der Waals surface area contributed by atoms with Gasteiger partial charge in [0.1, 0.15) is 0 Å². The van der Waals surface area contributed by atoms with E-state index in [4.69, 9.17) is 10.8 Å². The number of carboxylic acid groups (broad SMARTS) is 1. The molecule has 1 unspecified atom stereocenters. The second-order valence-corrected chi connectivity index (χ2v) is 5.24. The Morgan fingerprint density at radius 1 is 1.26 bits per heavy atom. The van der Waals surface area contributed by atoms with Gasteiger partial charge in [-0.1, -0.05) is 24.3 Å². The van der Waals surface area contributed by atoms with Gasteiger partial charge in [-0.25, -0.2) is 0 Å². The molecule has 19 heavy (non-hydrogen) atoms. The van der Waals surface area contributed by atoms with E-state index in [2.05, 4.69) is 17.0 Å². The summed E-state index contributed by atoms with van der Waals surface area (Å²) in [5, 5.41) is 8.72. The summed E-state index contributed by atoms with van der Waals surface area (Å²) in [5.41, 5.74) is 8.02. The summed E-state index contributed by atoms with van der Waals surface area (Å²) >= 11 is 0. The summed E-state index contributed by atoms with van der Waals surface area (Å²) in [7, 11) is 0. The summed E-state index contributed by atoms with van der Waals surface area (Å²) in [4.78, 5) is 13.1. The SMILES string of the molecule is NC(CC(=O)O)c1ccc(CCN2CCCC2)cc1. The van der Waals surface area contributed by atoms with Gasteiger partial charge >= 0.3 is 5.97 Å². The Kier molecular flexibility index (Phi) is 4.93. The fourth-order valence-electron chi connectivity index (χ4n) is 2.53. The number of nitrogens with two attached hydrogens (primary N) is 1. The molecular formula is C15H22N2O2. The lowest BCUT2D eigenvalue weighted by Crippen LogP contribution is -2.22. The predicted octanol–water partition coefficient (Wildman–Crippen LogP) is 1.80. The monoisotopic (exact) mass is 262 g/mol. The van der Waals surface area contributed by atoms with E-state index >= 15 is 0 Å². The zero-order valence-electron chi connectivity index (χ0n) is 11.2. The van der Waals surface area contributed by atoms with Gasteiger partial charge in [-0.05, 0) is 43.5 Å². The number of carboxylic acids is 1. The Morgan fingerprint density at radius 2 is 1.89 bits per heavy atom. The van der Waals surface area contributed by atoms with Crippen LogP contribution in [0.4, 0.5) is 0 Å². The van der Waals surface area contributed by atoms with Crippen LogP contribution in [0.15, 0.2) is 24.3 Å². The molecule has 4 nitrogen and oxygen atoms in total. The minimum atomic E-state index is -0.856. The van der Waals surface area contributed by atoms with Gasteiger partial charge in [-0.15, -0.1) is 0 Å². The van der Waals surface area contributed by atoms with Crippen LogP contribution in [0.25, 0.3) is 0 Å².